The highest BCUT2D eigenvalue weighted by Crippen LogP contribution is 2.28. The van der Waals surface area contributed by atoms with Crippen LogP contribution in [0.1, 0.15) is 12.8 Å². The van der Waals surface area contributed by atoms with E-state index in [9.17, 15) is 0 Å². The van der Waals surface area contributed by atoms with Crippen molar-refractivity contribution >= 4 is 0 Å². The first kappa shape index (κ1) is 17.0. The first-order valence-electron chi connectivity index (χ1n) is 10.1. The van der Waals surface area contributed by atoms with Crippen molar-refractivity contribution in [1.29, 1.82) is 0 Å². The van der Waals surface area contributed by atoms with E-state index in [0.29, 0.717) is 24.2 Å². The largest absolute Gasteiger partial charge is 0.485 e. The van der Waals surface area contributed by atoms with Crippen LogP contribution in [0.4, 0.5) is 0 Å². The van der Waals surface area contributed by atoms with Gasteiger partial charge in [-0.25, -0.2) is 0 Å². The van der Waals surface area contributed by atoms with Gasteiger partial charge in [-0.3, -0.25) is 4.90 Å². The lowest BCUT2D eigenvalue weighted by Gasteiger charge is -2.32. The van der Waals surface area contributed by atoms with Crippen molar-refractivity contribution in [1.82, 2.24) is 9.80 Å². The van der Waals surface area contributed by atoms with E-state index in [-0.39, 0.29) is 0 Å². The molecule has 0 aromatic heterocycles. The molecule has 0 saturated carbocycles. The second kappa shape index (κ2) is 7.50. The fourth-order valence-electron chi connectivity index (χ4n) is 4.10. The van der Waals surface area contributed by atoms with Gasteiger partial charge in [-0.15, -0.1) is 0 Å². The fraction of sp³-hybridized carbons (Fsp3) is 0.800. The van der Waals surface area contributed by atoms with Crippen LogP contribution >= 0.6 is 0 Å². The highest BCUT2D eigenvalue weighted by Gasteiger charge is 2.33. The molecule has 1 aliphatic carbocycles. The molecule has 0 radical (unpaired) electrons. The van der Waals surface area contributed by atoms with E-state index >= 15 is 0 Å². The monoisotopic (exact) mass is 362 g/mol. The zero-order chi connectivity index (χ0) is 17.3. The Bertz CT molecular complexity index is 534. The maximum Gasteiger partial charge on any atom is 0.150 e. The first-order chi connectivity index (χ1) is 12.8. The summed E-state index contributed by atoms with van der Waals surface area (Å²) in [5.41, 5.74) is 0. The summed E-state index contributed by atoms with van der Waals surface area (Å²) in [5, 5.41) is 0. The third-order valence-corrected chi connectivity index (χ3v) is 5.71. The molecule has 5 aliphatic rings. The van der Waals surface area contributed by atoms with Gasteiger partial charge in [0, 0.05) is 38.9 Å². The van der Waals surface area contributed by atoms with Crippen LogP contribution in [0.2, 0.25) is 0 Å². The Morgan fingerprint density at radius 2 is 1.58 bits per heavy atom. The van der Waals surface area contributed by atoms with Crippen LogP contribution in [-0.4, -0.2) is 87.3 Å². The number of nitrogens with zero attached hydrogens (tertiary/aromatic N) is 2. The molecule has 6 nitrogen and oxygen atoms in total. The van der Waals surface area contributed by atoms with E-state index < -0.39 is 0 Å². The van der Waals surface area contributed by atoms with E-state index in [1.165, 1.54) is 12.8 Å². The molecule has 0 aromatic carbocycles. The van der Waals surface area contributed by atoms with Gasteiger partial charge in [0.2, 0.25) is 0 Å². The van der Waals surface area contributed by atoms with Crippen molar-refractivity contribution in [2.75, 3.05) is 59.2 Å². The summed E-state index contributed by atoms with van der Waals surface area (Å²) in [4.78, 5) is 4.98. The smallest absolute Gasteiger partial charge is 0.150 e. The van der Waals surface area contributed by atoms with Crippen LogP contribution in [0, 0.1) is 11.8 Å². The summed E-state index contributed by atoms with van der Waals surface area (Å²) in [7, 11) is 0. The van der Waals surface area contributed by atoms with Crippen molar-refractivity contribution in [2.24, 2.45) is 11.8 Å². The van der Waals surface area contributed by atoms with Crippen molar-refractivity contribution < 1.29 is 18.9 Å². The van der Waals surface area contributed by atoms with E-state index in [4.69, 9.17) is 18.9 Å². The Balaban J connectivity index is 1.13. The van der Waals surface area contributed by atoms with Gasteiger partial charge < -0.3 is 23.8 Å². The lowest BCUT2D eigenvalue weighted by atomic mass is 9.86. The standard InChI is InChI=1S/C20H30N2O4/c1-2-15(5-21(7-17-11-23-17)8-18-12-24-18)4-16(3-1)6-22(9-19-13-25-19)10-20-14-26-20/h1-2,7,15-16,18-20H,3-6,8-14H2/b17-7+. The molecule has 4 aliphatic heterocycles. The lowest BCUT2D eigenvalue weighted by Crippen LogP contribution is -2.38. The molecule has 0 amide bonds. The predicted octanol–water partition coefficient (Wildman–Crippen LogP) is 1.24. The molecule has 144 valence electrons. The van der Waals surface area contributed by atoms with Crippen molar-refractivity contribution in [2.45, 2.75) is 31.2 Å². The number of hydrogen-bond acceptors (Lipinski definition) is 6. The Morgan fingerprint density at radius 3 is 2.19 bits per heavy atom. The molecule has 5 atom stereocenters. The summed E-state index contributed by atoms with van der Waals surface area (Å²) in [6.07, 6.45) is 10.8. The molecule has 0 spiro atoms. The number of hydrogen-bond donors (Lipinski definition) is 0. The third-order valence-electron chi connectivity index (χ3n) is 5.71. The van der Waals surface area contributed by atoms with Crippen LogP contribution < -0.4 is 0 Å². The Morgan fingerprint density at radius 1 is 0.923 bits per heavy atom. The molecule has 6 heteroatoms. The van der Waals surface area contributed by atoms with Crippen LogP contribution in [0.5, 0.6) is 0 Å². The summed E-state index contributed by atoms with van der Waals surface area (Å²) in [6, 6.07) is 0. The molecule has 0 bridgehead atoms. The SMILES string of the molecule is C1=CC(CN(/C=C2\CO2)CC2CO2)CC(CN(CC2CO2)CC2CO2)C1. The minimum Gasteiger partial charge on any atom is -0.485 e. The van der Waals surface area contributed by atoms with E-state index in [2.05, 4.69) is 28.2 Å². The molecule has 5 unspecified atom stereocenters. The Hall–Kier alpha value is -1.08. The number of ether oxygens (including phenoxy) is 4. The number of allylic oxidation sites excluding steroid dienone is 1. The molecule has 4 fully saturated rings. The minimum absolute atomic E-state index is 0.418. The normalized spacial score (nSPS) is 38.3. The maximum atomic E-state index is 5.46. The molecule has 4 saturated heterocycles. The Kier molecular flexibility index (Phi) is 4.92. The summed E-state index contributed by atoms with van der Waals surface area (Å²) >= 11 is 0. The first-order valence-corrected chi connectivity index (χ1v) is 10.1. The van der Waals surface area contributed by atoms with Crippen LogP contribution in [0.3, 0.4) is 0 Å². The second-order valence-electron chi connectivity index (χ2n) is 8.45. The number of epoxide rings is 4. The Labute approximate surface area is 155 Å². The maximum absolute atomic E-state index is 5.46. The van der Waals surface area contributed by atoms with Gasteiger partial charge in [0.1, 0.15) is 12.4 Å². The predicted molar refractivity (Wildman–Crippen MR) is 96.6 cm³/mol. The van der Waals surface area contributed by atoms with Gasteiger partial charge in [0.05, 0.1) is 38.1 Å². The second-order valence-corrected chi connectivity index (χ2v) is 8.45. The van der Waals surface area contributed by atoms with Gasteiger partial charge in [-0.1, -0.05) is 12.2 Å². The van der Waals surface area contributed by atoms with Gasteiger partial charge >= 0.3 is 0 Å². The highest BCUT2D eigenvalue weighted by molar-refractivity contribution is 5.06. The van der Waals surface area contributed by atoms with E-state index in [1.54, 1.807) is 0 Å². The molecule has 4 heterocycles. The van der Waals surface area contributed by atoms with Gasteiger partial charge in [-0.05, 0) is 24.7 Å². The fourth-order valence-corrected chi connectivity index (χ4v) is 4.10. The molecule has 5 rings (SSSR count). The van der Waals surface area contributed by atoms with E-state index in [0.717, 1.165) is 70.8 Å². The molecule has 26 heavy (non-hydrogen) atoms. The quantitative estimate of drug-likeness (QED) is 0.407. The third kappa shape index (κ3) is 5.46. The average molecular weight is 362 g/mol. The van der Waals surface area contributed by atoms with Crippen LogP contribution in [0.15, 0.2) is 24.1 Å². The zero-order valence-electron chi connectivity index (χ0n) is 15.4. The lowest BCUT2D eigenvalue weighted by molar-refractivity contribution is 0.174. The van der Waals surface area contributed by atoms with Crippen molar-refractivity contribution in [3.05, 3.63) is 24.1 Å². The van der Waals surface area contributed by atoms with Crippen LogP contribution in [0.25, 0.3) is 0 Å². The summed E-state index contributed by atoms with van der Waals surface area (Å²) < 4.78 is 21.7. The molecule has 0 aromatic rings. The van der Waals surface area contributed by atoms with Gasteiger partial charge in [-0.2, -0.15) is 0 Å². The number of rotatable bonds is 11. The highest BCUT2D eigenvalue weighted by atomic mass is 16.6. The average Bonchev–Trinajstić information content (AvgIpc) is 3.40. The van der Waals surface area contributed by atoms with Gasteiger partial charge in [0.25, 0.3) is 0 Å². The summed E-state index contributed by atoms with van der Waals surface area (Å²) in [6.45, 7) is 8.93. The summed E-state index contributed by atoms with van der Waals surface area (Å²) in [5.74, 6) is 2.45. The zero-order valence-corrected chi connectivity index (χ0v) is 15.4. The minimum atomic E-state index is 0.418. The molecular weight excluding hydrogens is 332 g/mol. The van der Waals surface area contributed by atoms with Crippen molar-refractivity contribution in [3.8, 4) is 0 Å². The molecular formula is C20H30N2O4. The van der Waals surface area contributed by atoms with Crippen LogP contribution in [-0.2, 0) is 18.9 Å². The topological polar surface area (TPSA) is 56.6 Å². The van der Waals surface area contributed by atoms with E-state index in [1.807, 2.05) is 0 Å². The molecule has 0 N–H and O–H groups in total. The van der Waals surface area contributed by atoms with Gasteiger partial charge in [0.15, 0.2) is 0 Å². The van der Waals surface area contributed by atoms with Crippen molar-refractivity contribution in [3.63, 3.8) is 0 Å².